The smallest absolute Gasteiger partial charge is 0.169 e. The number of ether oxygens (including phenoxy) is 1. The Labute approximate surface area is 112 Å². The SMILES string of the molecule is Cc1cc(NCc2cccc3c2OC(C)(C)C3)no1. The lowest BCUT2D eigenvalue weighted by Gasteiger charge is -2.18. The molecule has 100 valence electrons. The van der Waals surface area contributed by atoms with E-state index >= 15 is 0 Å². The molecule has 4 heteroatoms. The number of rotatable bonds is 3. The molecule has 1 aliphatic rings. The predicted octanol–water partition coefficient (Wildman–Crippen LogP) is 3.31. The van der Waals surface area contributed by atoms with Gasteiger partial charge in [0, 0.05) is 24.6 Å². The molecule has 1 aromatic carbocycles. The van der Waals surface area contributed by atoms with E-state index in [0.717, 1.165) is 29.3 Å². The molecule has 1 N–H and O–H groups in total. The van der Waals surface area contributed by atoms with Crippen molar-refractivity contribution >= 4 is 5.82 Å². The molecule has 0 saturated carbocycles. The van der Waals surface area contributed by atoms with Crippen LogP contribution in [0.4, 0.5) is 5.82 Å². The van der Waals surface area contributed by atoms with Gasteiger partial charge in [-0.1, -0.05) is 23.4 Å². The van der Waals surface area contributed by atoms with Gasteiger partial charge >= 0.3 is 0 Å². The van der Waals surface area contributed by atoms with Gasteiger partial charge in [0.1, 0.15) is 17.1 Å². The maximum atomic E-state index is 6.04. The zero-order valence-corrected chi connectivity index (χ0v) is 11.5. The number of fused-ring (bicyclic) bond motifs is 1. The lowest BCUT2D eigenvalue weighted by atomic mass is 10.0. The van der Waals surface area contributed by atoms with Crippen molar-refractivity contribution in [2.24, 2.45) is 0 Å². The molecular formula is C15H18N2O2. The average molecular weight is 258 g/mol. The molecule has 0 saturated heterocycles. The van der Waals surface area contributed by atoms with Crippen molar-refractivity contribution in [2.75, 3.05) is 5.32 Å². The van der Waals surface area contributed by atoms with Gasteiger partial charge in [-0.3, -0.25) is 0 Å². The molecule has 3 rings (SSSR count). The van der Waals surface area contributed by atoms with Crippen LogP contribution in [0.2, 0.25) is 0 Å². The summed E-state index contributed by atoms with van der Waals surface area (Å²) < 4.78 is 11.1. The first-order valence-electron chi connectivity index (χ1n) is 6.50. The van der Waals surface area contributed by atoms with E-state index in [1.54, 1.807) is 0 Å². The summed E-state index contributed by atoms with van der Waals surface area (Å²) in [6.45, 7) is 6.80. The number of para-hydroxylation sites is 1. The molecule has 2 aromatic rings. The molecule has 0 aliphatic carbocycles. The Kier molecular flexibility index (Phi) is 2.73. The van der Waals surface area contributed by atoms with Crippen LogP contribution in [0.5, 0.6) is 5.75 Å². The summed E-state index contributed by atoms with van der Waals surface area (Å²) in [5.41, 5.74) is 2.33. The van der Waals surface area contributed by atoms with Crippen LogP contribution in [-0.4, -0.2) is 10.8 Å². The highest BCUT2D eigenvalue weighted by atomic mass is 16.5. The normalized spacial score (nSPS) is 15.9. The van der Waals surface area contributed by atoms with Crippen LogP contribution >= 0.6 is 0 Å². The van der Waals surface area contributed by atoms with Crippen molar-refractivity contribution in [1.82, 2.24) is 5.16 Å². The molecule has 19 heavy (non-hydrogen) atoms. The molecule has 2 heterocycles. The van der Waals surface area contributed by atoms with Crippen LogP contribution in [-0.2, 0) is 13.0 Å². The minimum atomic E-state index is -0.108. The summed E-state index contributed by atoms with van der Waals surface area (Å²) in [6.07, 6.45) is 0.958. The first kappa shape index (κ1) is 12.1. The zero-order valence-electron chi connectivity index (χ0n) is 11.5. The van der Waals surface area contributed by atoms with Crippen molar-refractivity contribution in [3.8, 4) is 5.75 Å². The Bertz CT molecular complexity index is 602. The van der Waals surface area contributed by atoms with E-state index in [9.17, 15) is 0 Å². The van der Waals surface area contributed by atoms with Crippen molar-refractivity contribution in [3.05, 3.63) is 41.2 Å². The van der Waals surface area contributed by atoms with Crippen LogP contribution < -0.4 is 10.1 Å². The first-order valence-corrected chi connectivity index (χ1v) is 6.50. The van der Waals surface area contributed by atoms with Crippen LogP contribution in [0.1, 0.15) is 30.7 Å². The molecule has 0 fully saturated rings. The van der Waals surface area contributed by atoms with Crippen molar-refractivity contribution in [2.45, 2.75) is 39.3 Å². The third-order valence-corrected chi connectivity index (χ3v) is 3.26. The molecule has 0 bridgehead atoms. The van der Waals surface area contributed by atoms with E-state index in [1.807, 2.05) is 13.0 Å². The Morgan fingerprint density at radius 2 is 2.21 bits per heavy atom. The first-order chi connectivity index (χ1) is 9.03. The summed E-state index contributed by atoms with van der Waals surface area (Å²) in [5, 5.41) is 7.18. The van der Waals surface area contributed by atoms with Gasteiger partial charge in [0.15, 0.2) is 5.82 Å². The second-order valence-corrected chi connectivity index (χ2v) is 5.62. The van der Waals surface area contributed by atoms with E-state index in [2.05, 4.69) is 42.5 Å². The van der Waals surface area contributed by atoms with E-state index in [-0.39, 0.29) is 5.60 Å². The Morgan fingerprint density at radius 1 is 1.37 bits per heavy atom. The Hall–Kier alpha value is -1.97. The summed E-state index contributed by atoms with van der Waals surface area (Å²) >= 11 is 0. The molecule has 1 aromatic heterocycles. The second kappa shape index (κ2) is 4.30. The van der Waals surface area contributed by atoms with Gasteiger partial charge in [0.05, 0.1) is 0 Å². The molecular weight excluding hydrogens is 240 g/mol. The van der Waals surface area contributed by atoms with Gasteiger partial charge in [0.25, 0.3) is 0 Å². The number of nitrogens with zero attached hydrogens (tertiary/aromatic N) is 1. The lowest BCUT2D eigenvalue weighted by molar-refractivity contribution is 0.137. The lowest BCUT2D eigenvalue weighted by Crippen LogP contribution is -2.25. The van der Waals surface area contributed by atoms with E-state index in [1.165, 1.54) is 5.56 Å². The van der Waals surface area contributed by atoms with Gasteiger partial charge in [0.2, 0.25) is 0 Å². The highest BCUT2D eigenvalue weighted by molar-refractivity contribution is 5.47. The Balaban J connectivity index is 1.78. The number of benzene rings is 1. The number of aryl methyl sites for hydroxylation is 1. The van der Waals surface area contributed by atoms with E-state index in [0.29, 0.717) is 6.54 Å². The molecule has 1 aliphatic heterocycles. The minimum absolute atomic E-state index is 0.108. The average Bonchev–Trinajstić information content (AvgIpc) is 2.88. The number of hydrogen-bond donors (Lipinski definition) is 1. The second-order valence-electron chi connectivity index (χ2n) is 5.62. The van der Waals surface area contributed by atoms with Crippen molar-refractivity contribution in [1.29, 1.82) is 0 Å². The monoisotopic (exact) mass is 258 g/mol. The quantitative estimate of drug-likeness (QED) is 0.917. The molecule has 0 unspecified atom stereocenters. The molecule has 0 amide bonds. The largest absolute Gasteiger partial charge is 0.487 e. The number of anilines is 1. The van der Waals surface area contributed by atoms with Gasteiger partial charge in [-0.05, 0) is 26.3 Å². The standard InChI is InChI=1S/C15H18N2O2/c1-10-7-13(17-19-10)16-9-12-6-4-5-11-8-15(2,3)18-14(11)12/h4-7H,8-9H2,1-3H3,(H,16,17). The number of hydrogen-bond acceptors (Lipinski definition) is 4. The van der Waals surface area contributed by atoms with Crippen molar-refractivity contribution < 1.29 is 9.26 Å². The topological polar surface area (TPSA) is 47.3 Å². The van der Waals surface area contributed by atoms with Crippen LogP contribution in [0.25, 0.3) is 0 Å². The molecule has 0 radical (unpaired) electrons. The van der Waals surface area contributed by atoms with Gasteiger partial charge < -0.3 is 14.6 Å². The Morgan fingerprint density at radius 3 is 2.95 bits per heavy atom. The highest BCUT2D eigenvalue weighted by Crippen LogP contribution is 2.37. The highest BCUT2D eigenvalue weighted by Gasteiger charge is 2.31. The summed E-state index contributed by atoms with van der Waals surface area (Å²) in [4.78, 5) is 0. The minimum Gasteiger partial charge on any atom is -0.487 e. The number of nitrogens with one attached hydrogen (secondary N) is 1. The molecule has 4 nitrogen and oxygen atoms in total. The van der Waals surface area contributed by atoms with Crippen LogP contribution in [0.3, 0.4) is 0 Å². The molecule has 0 atom stereocenters. The van der Waals surface area contributed by atoms with Gasteiger partial charge in [-0.15, -0.1) is 0 Å². The van der Waals surface area contributed by atoms with Crippen LogP contribution in [0, 0.1) is 6.92 Å². The number of aromatic nitrogens is 1. The molecule has 0 spiro atoms. The van der Waals surface area contributed by atoms with E-state index < -0.39 is 0 Å². The fourth-order valence-electron chi connectivity index (χ4n) is 2.45. The van der Waals surface area contributed by atoms with Crippen LogP contribution in [0.15, 0.2) is 28.8 Å². The fraction of sp³-hybridized carbons (Fsp3) is 0.400. The fourth-order valence-corrected chi connectivity index (χ4v) is 2.45. The van der Waals surface area contributed by atoms with Gasteiger partial charge in [-0.2, -0.15) is 0 Å². The maximum absolute atomic E-state index is 6.04. The van der Waals surface area contributed by atoms with Gasteiger partial charge in [-0.25, -0.2) is 0 Å². The van der Waals surface area contributed by atoms with Crippen molar-refractivity contribution in [3.63, 3.8) is 0 Å². The third kappa shape index (κ3) is 2.43. The van der Waals surface area contributed by atoms with E-state index in [4.69, 9.17) is 9.26 Å². The predicted molar refractivity (Wildman–Crippen MR) is 73.4 cm³/mol. The summed E-state index contributed by atoms with van der Waals surface area (Å²) in [7, 11) is 0. The zero-order chi connectivity index (χ0) is 13.5. The third-order valence-electron chi connectivity index (χ3n) is 3.26. The maximum Gasteiger partial charge on any atom is 0.169 e. The summed E-state index contributed by atoms with van der Waals surface area (Å²) in [6, 6.07) is 8.18. The summed E-state index contributed by atoms with van der Waals surface area (Å²) in [5.74, 6) is 2.57.